The number of anilines is 1. The lowest BCUT2D eigenvalue weighted by Gasteiger charge is -2.09. The van der Waals surface area contributed by atoms with Gasteiger partial charge >= 0.3 is 0 Å². The summed E-state index contributed by atoms with van der Waals surface area (Å²) >= 11 is 3.24. The molecule has 1 amide bonds. The molecule has 1 aromatic heterocycles. The van der Waals surface area contributed by atoms with E-state index in [0.717, 1.165) is 0 Å². The molecular formula is C13H13BrN4O4. The van der Waals surface area contributed by atoms with Crippen LogP contribution in [0.1, 0.15) is 17.4 Å². The van der Waals surface area contributed by atoms with E-state index in [1.165, 1.54) is 36.2 Å². The molecule has 0 saturated heterocycles. The number of nitro benzene ring substituents is 1. The third kappa shape index (κ3) is 3.08. The topological polar surface area (TPSA) is 99.3 Å². The monoisotopic (exact) mass is 368 g/mol. The maximum absolute atomic E-state index is 12.3. The molecule has 0 atom stereocenters. The number of rotatable bonds is 5. The van der Waals surface area contributed by atoms with E-state index in [2.05, 4.69) is 26.3 Å². The van der Waals surface area contributed by atoms with Crippen molar-refractivity contribution < 1.29 is 14.5 Å². The second-order valence-corrected chi connectivity index (χ2v) is 5.11. The second kappa shape index (κ2) is 6.56. The van der Waals surface area contributed by atoms with Gasteiger partial charge in [0.2, 0.25) is 0 Å². The van der Waals surface area contributed by atoms with E-state index < -0.39 is 10.8 Å². The van der Waals surface area contributed by atoms with Crippen LogP contribution in [0.2, 0.25) is 0 Å². The first-order valence-corrected chi connectivity index (χ1v) is 7.12. The number of carbonyl (C=O) groups is 1. The predicted molar refractivity (Wildman–Crippen MR) is 83.2 cm³/mol. The van der Waals surface area contributed by atoms with Crippen LogP contribution in [0.25, 0.3) is 0 Å². The van der Waals surface area contributed by atoms with Crippen LogP contribution in [0.5, 0.6) is 5.75 Å². The normalized spacial score (nSPS) is 10.3. The fourth-order valence-electron chi connectivity index (χ4n) is 1.90. The summed E-state index contributed by atoms with van der Waals surface area (Å²) < 4.78 is 6.97. The number of carbonyl (C=O) groups excluding carboxylic acids is 1. The Morgan fingerprint density at radius 1 is 1.55 bits per heavy atom. The molecule has 0 aliphatic carbocycles. The molecular weight excluding hydrogens is 356 g/mol. The Bertz CT molecular complexity index is 729. The molecule has 0 saturated carbocycles. The fourth-order valence-corrected chi connectivity index (χ4v) is 2.38. The number of methoxy groups -OCH3 is 1. The molecule has 9 heteroatoms. The Kier molecular flexibility index (Phi) is 4.76. The van der Waals surface area contributed by atoms with Crippen LogP contribution in [0, 0.1) is 10.1 Å². The minimum absolute atomic E-state index is 0.0894. The van der Waals surface area contributed by atoms with Crippen LogP contribution in [0.15, 0.2) is 28.9 Å². The molecule has 0 aliphatic rings. The summed E-state index contributed by atoms with van der Waals surface area (Å²) in [4.78, 5) is 22.9. The maximum atomic E-state index is 12.3. The Morgan fingerprint density at radius 2 is 2.27 bits per heavy atom. The van der Waals surface area contributed by atoms with Gasteiger partial charge in [-0.05, 0) is 35.0 Å². The third-order valence-corrected chi connectivity index (χ3v) is 3.54. The largest absolute Gasteiger partial charge is 0.496 e. The smallest absolute Gasteiger partial charge is 0.296 e. The molecule has 0 fully saturated rings. The van der Waals surface area contributed by atoms with Gasteiger partial charge in [-0.15, -0.1) is 0 Å². The highest BCUT2D eigenvalue weighted by molar-refractivity contribution is 9.10. The first-order valence-electron chi connectivity index (χ1n) is 6.33. The average molecular weight is 369 g/mol. The van der Waals surface area contributed by atoms with Gasteiger partial charge < -0.3 is 10.1 Å². The van der Waals surface area contributed by atoms with E-state index in [-0.39, 0.29) is 11.4 Å². The summed E-state index contributed by atoms with van der Waals surface area (Å²) in [6.45, 7) is 2.34. The highest BCUT2D eigenvalue weighted by Crippen LogP contribution is 2.29. The highest BCUT2D eigenvalue weighted by atomic mass is 79.9. The SMILES string of the molecule is CCn1ncc(Br)c1C(=O)Nc1ccc(OC)cc1[N+](=O)[O-]. The van der Waals surface area contributed by atoms with Crippen LogP contribution < -0.4 is 10.1 Å². The van der Waals surface area contributed by atoms with Gasteiger partial charge in [-0.25, -0.2) is 0 Å². The molecule has 2 aromatic rings. The van der Waals surface area contributed by atoms with E-state index in [0.29, 0.717) is 22.5 Å². The maximum Gasteiger partial charge on any atom is 0.296 e. The molecule has 0 aliphatic heterocycles. The van der Waals surface area contributed by atoms with Crippen molar-refractivity contribution in [3.05, 3.63) is 44.7 Å². The number of aryl methyl sites for hydroxylation is 1. The van der Waals surface area contributed by atoms with Gasteiger partial charge in [0.15, 0.2) is 0 Å². The van der Waals surface area contributed by atoms with Crippen molar-refractivity contribution in [1.82, 2.24) is 9.78 Å². The Morgan fingerprint density at radius 3 is 2.86 bits per heavy atom. The van der Waals surface area contributed by atoms with Gasteiger partial charge in [0.05, 0.1) is 28.8 Å². The van der Waals surface area contributed by atoms with Gasteiger partial charge in [-0.3, -0.25) is 19.6 Å². The zero-order chi connectivity index (χ0) is 16.3. The number of benzene rings is 1. The highest BCUT2D eigenvalue weighted by Gasteiger charge is 2.21. The van der Waals surface area contributed by atoms with E-state index in [1.54, 1.807) is 0 Å². The van der Waals surface area contributed by atoms with E-state index in [9.17, 15) is 14.9 Å². The fraction of sp³-hybridized carbons (Fsp3) is 0.231. The molecule has 2 rings (SSSR count). The van der Waals surface area contributed by atoms with E-state index >= 15 is 0 Å². The summed E-state index contributed by atoms with van der Waals surface area (Å²) in [5.74, 6) is -0.149. The van der Waals surface area contributed by atoms with Gasteiger partial charge in [0.1, 0.15) is 17.1 Å². The van der Waals surface area contributed by atoms with Gasteiger partial charge in [0, 0.05) is 6.54 Å². The second-order valence-electron chi connectivity index (χ2n) is 4.25. The summed E-state index contributed by atoms with van der Waals surface area (Å²) in [5.41, 5.74) is 0.144. The first kappa shape index (κ1) is 16.0. The predicted octanol–water partition coefficient (Wildman–Crippen LogP) is 2.83. The van der Waals surface area contributed by atoms with Crippen LogP contribution in [0.3, 0.4) is 0 Å². The average Bonchev–Trinajstić information content (AvgIpc) is 2.88. The van der Waals surface area contributed by atoms with Crippen molar-refractivity contribution in [1.29, 1.82) is 0 Å². The number of ether oxygens (including phenoxy) is 1. The van der Waals surface area contributed by atoms with Crippen molar-refractivity contribution in [2.45, 2.75) is 13.5 Å². The summed E-state index contributed by atoms with van der Waals surface area (Å²) in [6, 6.07) is 4.21. The molecule has 116 valence electrons. The van der Waals surface area contributed by atoms with Crippen LogP contribution in [-0.2, 0) is 6.54 Å². The lowest BCUT2D eigenvalue weighted by molar-refractivity contribution is -0.384. The molecule has 0 spiro atoms. The minimum atomic E-state index is -0.579. The van der Waals surface area contributed by atoms with Crippen LogP contribution in [-0.4, -0.2) is 27.7 Å². The summed E-state index contributed by atoms with van der Waals surface area (Å²) in [5, 5.41) is 17.7. The quantitative estimate of drug-likeness (QED) is 0.645. The summed E-state index contributed by atoms with van der Waals surface area (Å²) in [7, 11) is 1.41. The van der Waals surface area contributed by atoms with Gasteiger partial charge in [-0.1, -0.05) is 0 Å². The molecule has 8 nitrogen and oxygen atoms in total. The zero-order valence-corrected chi connectivity index (χ0v) is 13.5. The van der Waals surface area contributed by atoms with Crippen LogP contribution in [0.4, 0.5) is 11.4 Å². The number of nitrogens with one attached hydrogen (secondary N) is 1. The Balaban J connectivity index is 2.36. The van der Waals surface area contributed by atoms with Crippen molar-refractivity contribution in [2.24, 2.45) is 0 Å². The van der Waals surface area contributed by atoms with Crippen molar-refractivity contribution in [2.75, 3.05) is 12.4 Å². The number of nitro groups is 1. The molecule has 1 N–H and O–H groups in total. The number of halogens is 1. The van der Waals surface area contributed by atoms with Gasteiger partial charge in [-0.2, -0.15) is 5.10 Å². The van der Waals surface area contributed by atoms with Gasteiger partial charge in [0.25, 0.3) is 11.6 Å². The Hall–Kier alpha value is -2.42. The zero-order valence-electron chi connectivity index (χ0n) is 11.9. The molecule has 1 aromatic carbocycles. The van der Waals surface area contributed by atoms with E-state index in [4.69, 9.17) is 4.74 Å². The van der Waals surface area contributed by atoms with Crippen LogP contribution >= 0.6 is 15.9 Å². The third-order valence-electron chi connectivity index (χ3n) is 2.96. The standard InChI is InChI=1S/C13H13BrN4O4/c1-3-17-12(9(14)7-15-17)13(19)16-10-5-4-8(22-2)6-11(10)18(20)21/h4-7H,3H2,1-2H3,(H,16,19). The molecule has 0 radical (unpaired) electrons. The number of nitrogens with zero attached hydrogens (tertiary/aromatic N) is 3. The molecule has 1 heterocycles. The summed E-state index contributed by atoms with van der Waals surface area (Å²) in [6.07, 6.45) is 1.50. The number of hydrogen-bond donors (Lipinski definition) is 1. The molecule has 22 heavy (non-hydrogen) atoms. The number of amides is 1. The minimum Gasteiger partial charge on any atom is -0.496 e. The molecule has 0 bridgehead atoms. The van der Waals surface area contributed by atoms with Crippen molar-refractivity contribution >= 4 is 33.2 Å². The van der Waals surface area contributed by atoms with Crippen molar-refractivity contribution in [3.8, 4) is 5.75 Å². The Labute approximate surface area is 134 Å². The first-order chi connectivity index (χ1) is 10.5. The number of aromatic nitrogens is 2. The van der Waals surface area contributed by atoms with Crippen molar-refractivity contribution in [3.63, 3.8) is 0 Å². The lowest BCUT2D eigenvalue weighted by Crippen LogP contribution is -2.18. The molecule has 0 unspecified atom stereocenters. The number of hydrogen-bond acceptors (Lipinski definition) is 5. The lowest BCUT2D eigenvalue weighted by atomic mass is 10.2. The van der Waals surface area contributed by atoms with E-state index in [1.807, 2.05) is 6.92 Å².